The quantitative estimate of drug-likeness (QED) is 0.554. The Bertz CT molecular complexity index is 516. The number of hydrogen-bond donors (Lipinski definition) is 0. The molecule has 0 aliphatic rings. The van der Waals surface area contributed by atoms with Crippen LogP contribution < -0.4 is 0 Å². The van der Waals surface area contributed by atoms with Gasteiger partial charge in [0.2, 0.25) is 0 Å². The van der Waals surface area contributed by atoms with Crippen molar-refractivity contribution >= 4 is 23.0 Å². The Balaban J connectivity index is 0.000000180. The van der Waals surface area contributed by atoms with Crippen molar-refractivity contribution in [3.8, 4) is 0 Å². The standard InChI is InChI=1S/C8H7N.C7H4ClN/c1-7-3-5-8(9-2)6-4-7;1-9-7-4-2-6(8)3-5-7/h3-6H,1H3;2-5H. The van der Waals surface area contributed by atoms with Crippen LogP contribution in [0.4, 0.5) is 11.4 Å². The number of halogens is 1. The van der Waals surface area contributed by atoms with Crippen LogP contribution in [0.2, 0.25) is 5.02 Å². The highest BCUT2D eigenvalue weighted by atomic mass is 35.5. The molecule has 0 N–H and O–H groups in total. The van der Waals surface area contributed by atoms with Gasteiger partial charge in [0.05, 0.1) is 13.1 Å². The maximum absolute atomic E-state index is 6.64. The van der Waals surface area contributed by atoms with Gasteiger partial charge in [0.1, 0.15) is 0 Å². The summed E-state index contributed by atoms with van der Waals surface area (Å²) in [6, 6.07) is 14.3. The topological polar surface area (TPSA) is 8.72 Å². The van der Waals surface area contributed by atoms with Crippen LogP contribution in [0, 0.1) is 20.1 Å². The van der Waals surface area contributed by atoms with Gasteiger partial charge in [-0.3, -0.25) is 0 Å². The minimum Gasteiger partial charge on any atom is -0.238 e. The summed E-state index contributed by atoms with van der Waals surface area (Å²) in [7, 11) is 0. The third-order valence-electron chi connectivity index (χ3n) is 2.12. The summed E-state index contributed by atoms with van der Waals surface area (Å²) in [5.41, 5.74) is 2.53. The molecular formula is C15H11ClN2. The lowest BCUT2D eigenvalue weighted by Crippen LogP contribution is -1.65. The van der Waals surface area contributed by atoms with Crippen molar-refractivity contribution in [3.05, 3.63) is 82.0 Å². The van der Waals surface area contributed by atoms with Gasteiger partial charge in [-0.15, -0.1) is 0 Å². The summed E-state index contributed by atoms with van der Waals surface area (Å²) in [4.78, 5) is 6.46. The van der Waals surface area contributed by atoms with E-state index in [1.165, 1.54) is 5.56 Å². The van der Waals surface area contributed by atoms with E-state index in [0.29, 0.717) is 16.4 Å². The molecule has 0 saturated carbocycles. The Labute approximate surface area is 112 Å². The van der Waals surface area contributed by atoms with E-state index in [1.807, 2.05) is 31.2 Å². The van der Waals surface area contributed by atoms with E-state index >= 15 is 0 Å². The van der Waals surface area contributed by atoms with E-state index in [-0.39, 0.29) is 0 Å². The molecule has 2 aromatic carbocycles. The number of nitrogens with zero attached hydrogens (tertiary/aromatic N) is 2. The average Bonchev–Trinajstić information content (AvgIpc) is 2.41. The Morgan fingerprint density at radius 1 is 0.778 bits per heavy atom. The third-order valence-corrected chi connectivity index (χ3v) is 2.37. The highest BCUT2D eigenvalue weighted by molar-refractivity contribution is 6.30. The van der Waals surface area contributed by atoms with E-state index in [4.69, 9.17) is 24.7 Å². The molecule has 0 fully saturated rings. The van der Waals surface area contributed by atoms with Crippen molar-refractivity contribution in [1.82, 2.24) is 0 Å². The second-order valence-electron chi connectivity index (χ2n) is 3.54. The zero-order chi connectivity index (χ0) is 13.4. The minimum atomic E-state index is 0.624. The maximum atomic E-state index is 6.64. The molecule has 2 rings (SSSR count). The van der Waals surface area contributed by atoms with Gasteiger partial charge in [-0.05, 0) is 6.92 Å². The molecule has 2 nitrogen and oxygen atoms in total. The normalized spacial score (nSPS) is 8.44. The van der Waals surface area contributed by atoms with Crippen LogP contribution in [0.5, 0.6) is 0 Å². The molecule has 0 aromatic heterocycles. The molecule has 0 atom stereocenters. The maximum Gasteiger partial charge on any atom is 0.187 e. The molecule has 0 amide bonds. The molecule has 0 aliphatic heterocycles. The van der Waals surface area contributed by atoms with E-state index in [0.717, 1.165) is 0 Å². The van der Waals surface area contributed by atoms with Crippen LogP contribution in [0.3, 0.4) is 0 Å². The summed E-state index contributed by atoms with van der Waals surface area (Å²) < 4.78 is 0. The summed E-state index contributed by atoms with van der Waals surface area (Å²) in [5.74, 6) is 0. The van der Waals surface area contributed by atoms with Crippen molar-refractivity contribution in [2.45, 2.75) is 6.92 Å². The minimum absolute atomic E-state index is 0.624. The highest BCUT2D eigenvalue weighted by Crippen LogP contribution is 2.15. The van der Waals surface area contributed by atoms with Gasteiger partial charge in [0, 0.05) is 5.02 Å². The number of rotatable bonds is 0. The van der Waals surface area contributed by atoms with Crippen molar-refractivity contribution in [1.29, 1.82) is 0 Å². The van der Waals surface area contributed by atoms with Crippen LogP contribution in [-0.2, 0) is 0 Å². The Morgan fingerprint density at radius 2 is 1.17 bits per heavy atom. The molecule has 0 unspecified atom stereocenters. The van der Waals surface area contributed by atoms with Crippen LogP contribution >= 0.6 is 11.6 Å². The average molecular weight is 255 g/mol. The lowest BCUT2D eigenvalue weighted by Gasteiger charge is -1.88. The van der Waals surface area contributed by atoms with Gasteiger partial charge in [-0.1, -0.05) is 65.7 Å². The second kappa shape index (κ2) is 7.12. The summed E-state index contributed by atoms with van der Waals surface area (Å²) >= 11 is 5.57. The fourth-order valence-electron chi connectivity index (χ4n) is 1.13. The highest BCUT2D eigenvalue weighted by Gasteiger charge is 1.87. The monoisotopic (exact) mass is 254 g/mol. The fraction of sp³-hybridized carbons (Fsp3) is 0.0667. The molecule has 0 spiro atoms. The first kappa shape index (κ1) is 13.8. The zero-order valence-corrected chi connectivity index (χ0v) is 10.6. The van der Waals surface area contributed by atoms with Gasteiger partial charge >= 0.3 is 0 Å². The predicted molar refractivity (Wildman–Crippen MR) is 75.2 cm³/mol. The third kappa shape index (κ3) is 4.70. The van der Waals surface area contributed by atoms with E-state index in [2.05, 4.69) is 9.69 Å². The predicted octanol–water partition coefficient (Wildman–Crippen LogP) is 5.44. The molecule has 88 valence electrons. The van der Waals surface area contributed by atoms with Crippen molar-refractivity contribution in [2.24, 2.45) is 0 Å². The van der Waals surface area contributed by atoms with Gasteiger partial charge in [0.25, 0.3) is 0 Å². The van der Waals surface area contributed by atoms with E-state index in [9.17, 15) is 0 Å². The number of aryl methyl sites for hydroxylation is 1. The van der Waals surface area contributed by atoms with Crippen LogP contribution in [0.1, 0.15) is 5.56 Å². The fourth-order valence-corrected chi connectivity index (χ4v) is 1.26. The molecule has 18 heavy (non-hydrogen) atoms. The van der Waals surface area contributed by atoms with Crippen molar-refractivity contribution in [2.75, 3.05) is 0 Å². The van der Waals surface area contributed by atoms with Gasteiger partial charge < -0.3 is 0 Å². The first-order valence-electron chi connectivity index (χ1n) is 5.23. The second-order valence-corrected chi connectivity index (χ2v) is 3.97. The Hall–Kier alpha value is -2.29. The summed E-state index contributed by atoms with van der Waals surface area (Å²) in [6.07, 6.45) is 0. The van der Waals surface area contributed by atoms with Gasteiger partial charge in [-0.2, -0.15) is 0 Å². The van der Waals surface area contributed by atoms with Gasteiger partial charge in [-0.25, -0.2) is 9.69 Å². The number of benzene rings is 2. The van der Waals surface area contributed by atoms with E-state index in [1.54, 1.807) is 24.3 Å². The first-order chi connectivity index (χ1) is 8.65. The molecule has 2 aromatic rings. The van der Waals surface area contributed by atoms with Crippen molar-refractivity contribution < 1.29 is 0 Å². The lowest BCUT2D eigenvalue weighted by atomic mass is 10.2. The SMILES string of the molecule is [C-]#[N+]c1ccc(C)cc1.[C-]#[N+]c1ccc(Cl)cc1. The van der Waals surface area contributed by atoms with Crippen LogP contribution in [0.15, 0.2) is 48.5 Å². The van der Waals surface area contributed by atoms with Gasteiger partial charge in [0.15, 0.2) is 11.4 Å². The largest absolute Gasteiger partial charge is 0.238 e. The van der Waals surface area contributed by atoms with Crippen molar-refractivity contribution in [3.63, 3.8) is 0 Å². The molecule has 0 radical (unpaired) electrons. The molecule has 0 heterocycles. The molecular weight excluding hydrogens is 244 g/mol. The molecule has 0 aliphatic carbocycles. The molecule has 3 heteroatoms. The van der Waals surface area contributed by atoms with E-state index < -0.39 is 0 Å². The zero-order valence-electron chi connectivity index (χ0n) is 9.89. The smallest absolute Gasteiger partial charge is 0.187 e. The lowest BCUT2D eigenvalue weighted by molar-refractivity contribution is 1.48. The Morgan fingerprint density at radius 3 is 1.56 bits per heavy atom. The summed E-state index contributed by atoms with van der Waals surface area (Å²) in [6.45, 7) is 15.2. The van der Waals surface area contributed by atoms with Crippen LogP contribution in [0.25, 0.3) is 9.69 Å². The molecule has 0 bridgehead atoms. The summed E-state index contributed by atoms with van der Waals surface area (Å²) in [5, 5.41) is 0.669. The first-order valence-corrected chi connectivity index (χ1v) is 5.60. The molecule has 0 saturated heterocycles. The Kier molecular flexibility index (Phi) is 5.45. The number of hydrogen-bond acceptors (Lipinski definition) is 0. The van der Waals surface area contributed by atoms with Crippen LogP contribution in [-0.4, -0.2) is 0 Å².